The third kappa shape index (κ3) is 2.51. The molecule has 7 nitrogen and oxygen atoms in total. The molecule has 1 aromatic carbocycles. The molecule has 0 saturated carbocycles. The number of hydrogen-bond acceptors (Lipinski definition) is 6. The van der Waals surface area contributed by atoms with E-state index in [0.717, 1.165) is 0 Å². The standard InChI is InChI=1S/C12H11N3O4S/c1-19-6-8-9(15(17)18)3-2-7(11(13)16)10(8)12-14-4-5-20-12/h2-5H,6H2,1H3,(H2,13,16). The van der Waals surface area contributed by atoms with Gasteiger partial charge in [-0.2, -0.15) is 0 Å². The number of rotatable bonds is 5. The molecule has 1 heterocycles. The Balaban J connectivity index is 2.79. The van der Waals surface area contributed by atoms with Crippen LogP contribution in [0.1, 0.15) is 15.9 Å². The van der Waals surface area contributed by atoms with Gasteiger partial charge in [-0.25, -0.2) is 4.98 Å². The quantitative estimate of drug-likeness (QED) is 0.669. The minimum absolute atomic E-state index is 0.00759. The van der Waals surface area contributed by atoms with E-state index in [9.17, 15) is 14.9 Å². The van der Waals surface area contributed by atoms with Crippen LogP contribution in [0, 0.1) is 10.1 Å². The number of nitrogens with zero attached hydrogens (tertiary/aromatic N) is 2. The highest BCUT2D eigenvalue weighted by Crippen LogP contribution is 2.35. The molecule has 2 rings (SSSR count). The van der Waals surface area contributed by atoms with Crippen LogP contribution in [0.3, 0.4) is 0 Å². The summed E-state index contributed by atoms with van der Waals surface area (Å²) in [7, 11) is 1.42. The van der Waals surface area contributed by atoms with E-state index in [1.54, 1.807) is 11.6 Å². The fourth-order valence-corrected chi connectivity index (χ4v) is 2.62. The van der Waals surface area contributed by atoms with Gasteiger partial charge in [0, 0.05) is 30.3 Å². The summed E-state index contributed by atoms with van der Waals surface area (Å²) in [5, 5.41) is 13.3. The smallest absolute Gasteiger partial charge is 0.275 e. The van der Waals surface area contributed by atoms with Crippen molar-refractivity contribution in [3.8, 4) is 10.6 Å². The molecule has 0 fully saturated rings. The van der Waals surface area contributed by atoms with Crippen LogP contribution in [0.2, 0.25) is 0 Å². The van der Waals surface area contributed by atoms with E-state index < -0.39 is 10.8 Å². The van der Waals surface area contributed by atoms with Crippen molar-refractivity contribution in [1.29, 1.82) is 0 Å². The van der Waals surface area contributed by atoms with Crippen molar-refractivity contribution >= 4 is 22.9 Å². The van der Waals surface area contributed by atoms with Crippen LogP contribution in [0.5, 0.6) is 0 Å². The normalized spacial score (nSPS) is 10.4. The summed E-state index contributed by atoms with van der Waals surface area (Å²) in [4.78, 5) is 26.2. The van der Waals surface area contributed by atoms with Crippen LogP contribution >= 0.6 is 11.3 Å². The molecule has 2 N–H and O–H groups in total. The molecule has 0 atom stereocenters. The number of hydrogen-bond donors (Lipinski definition) is 1. The molecule has 0 radical (unpaired) electrons. The van der Waals surface area contributed by atoms with Gasteiger partial charge in [0.05, 0.1) is 22.7 Å². The van der Waals surface area contributed by atoms with Crippen LogP contribution in [-0.2, 0) is 11.3 Å². The van der Waals surface area contributed by atoms with Crippen molar-refractivity contribution in [2.24, 2.45) is 5.73 Å². The SMILES string of the molecule is COCc1c([N+](=O)[O-])ccc(C(N)=O)c1-c1nccs1. The molecule has 1 aromatic heterocycles. The first kappa shape index (κ1) is 14.1. The second-order valence-corrected chi connectivity index (χ2v) is 4.77. The highest BCUT2D eigenvalue weighted by Gasteiger charge is 2.25. The van der Waals surface area contributed by atoms with Crippen molar-refractivity contribution in [3.63, 3.8) is 0 Å². The summed E-state index contributed by atoms with van der Waals surface area (Å²) in [6.45, 7) is -0.00759. The van der Waals surface area contributed by atoms with Gasteiger partial charge in [0.15, 0.2) is 0 Å². The number of carbonyl (C=O) groups excluding carboxylic acids is 1. The second-order valence-electron chi connectivity index (χ2n) is 3.88. The first-order valence-corrected chi connectivity index (χ1v) is 6.43. The van der Waals surface area contributed by atoms with Crippen LogP contribution in [-0.4, -0.2) is 22.9 Å². The third-order valence-corrected chi connectivity index (χ3v) is 3.48. The van der Waals surface area contributed by atoms with Crippen molar-refractivity contribution in [2.75, 3.05) is 7.11 Å². The van der Waals surface area contributed by atoms with Gasteiger partial charge in [0.2, 0.25) is 5.91 Å². The zero-order chi connectivity index (χ0) is 14.7. The lowest BCUT2D eigenvalue weighted by Gasteiger charge is -2.11. The molecule has 0 bridgehead atoms. The lowest BCUT2D eigenvalue weighted by Crippen LogP contribution is -2.14. The summed E-state index contributed by atoms with van der Waals surface area (Å²) in [5.74, 6) is -0.664. The Kier molecular flexibility index (Phi) is 4.06. The number of nitro groups is 1. The van der Waals surface area contributed by atoms with Crippen LogP contribution in [0.25, 0.3) is 10.6 Å². The molecule has 8 heteroatoms. The summed E-state index contributed by atoms with van der Waals surface area (Å²) in [6, 6.07) is 2.60. The Morgan fingerprint density at radius 3 is 2.80 bits per heavy atom. The van der Waals surface area contributed by atoms with E-state index in [2.05, 4.69) is 4.98 Å². The summed E-state index contributed by atoms with van der Waals surface area (Å²) >= 11 is 1.27. The predicted molar refractivity (Wildman–Crippen MR) is 73.4 cm³/mol. The highest BCUT2D eigenvalue weighted by molar-refractivity contribution is 7.13. The van der Waals surface area contributed by atoms with Gasteiger partial charge in [0.1, 0.15) is 5.01 Å². The zero-order valence-electron chi connectivity index (χ0n) is 10.5. The number of nitro benzene ring substituents is 1. The maximum atomic E-state index is 11.5. The van der Waals surface area contributed by atoms with Crippen LogP contribution in [0.4, 0.5) is 5.69 Å². The molecule has 0 saturated heterocycles. The molecule has 0 aliphatic rings. The van der Waals surface area contributed by atoms with Gasteiger partial charge in [-0.05, 0) is 6.07 Å². The average molecular weight is 293 g/mol. The van der Waals surface area contributed by atoms with E-state index in [1.807, 2.05) is 0 Å². The Bertz CT molecular complexity index is 655. The number of primary amides is 1. The second kappa shape index (κ2) is 5.76. The Morgan fingerprint density at radius 1 is 1.55 bits per heavy atom. The van der Waals surface area contributed by atoms with Crippen molar-refractivity contribution in [3.05, 3.63) is 45.0 Å². The summed E-state index contributed by atoms with van der Waals surface area (Å²) in [5.41, 5.74) is 6.07. The lowest BCUT2D eigenvalue weighted by molar-refractivity contribution is -0.385. The van der Waals surface area contributed by atoms with E-state index in [4.69, 9.17) is 10.5 Å². The Hall–Kier alpha value is -2.32. The number of carbonyl (C=O) groups is 1. The van der Waals surface area contributed by atoms with Gasteiger partial charge in [-0.1, -0.05) is 0 Å². The largest absolute Gasteiger partial charge is 0.380 e. The molecule has 0 spiro atoms. The van der Waals surface area contributed by atoms with Gasteiger partial charge in [-0.15, -0.1) is 11.3 Å². The average Bonchev–Trinajstić information content (AvgIpc) is 2.91. The fourth-order valence-electron chi connectivity index (χ4n) is 1.89. The van der Waals surface area contributed by atoms with Gasteiger partial charge in [-0.3, -0.25) is 14.9 Å². The predicted octanol–water partition coefficient (Wildman–Crippen LogP) is 1.96. The fraction of sp³-hybridized carbons (Fsp3) is 0.167. The number of amides is 1. The highest BCUT2D eigenvalue weighted by atomic mass is 32.1. The maximum absolute atomic E-state index is 11.5. The topological polar surface area (TPSA) is 108 Å². The van der Waals surface area contributed by atoms with E-state index in [-0.39, 0.29) is 17.9 Å². The molecular weight excluding hydrogens is 282 g/mol. The number of thiazole rings is 1. The van der Waals surface area contributed by atoms with E-state index in [1.165, 1.54) is 30.6 Å². The molecule has 1 amide bonds. The van der Waals surface area contributed by atoms with Crippen molar-refractivity contribution < 1.29 is 14.5 Å². The molecule has 0 unspecified atom stereocenters. The minimum Gasteiger partial charge on any atom is -0.380 e. The molecule has 104 valence electrons. The monoisotopic (exact) mass is 293 g/mol. The van der Waals surface area contributed by atoms with Gasteiger partial charge < -0.3 is 10.5 Å². The van der Waals surface area contributed by atoms with Crippen molar-refractivity contribution in [1.82, 2.24) is 4.98 Å². The first-order chi connectivity index (χ1) is 9.56. The maximum Gasteiger partial charge on any atom is 0.275 e. The van der Waals surface area contributed by atoms with Crippen LogP contribution in [0.15, 0.2) is 23.7 Å². The van der Waals surface area contributed by atoms with Crippen LogP contribution < -0.4 is 5.73 Å². The Labute approximate surface area is 118 Å². The van der Waals surface area contributed by atoms with E-state index in [0.29, 0.717) is 16.1 Å². The number of methoxy groups -OCH3 is 1. The molecule has 0 aliphatic heterocycles. The minimum atomic E-state index is -0.664. The number of benzene rings is 1. The first-order valence-electron chi connectivity index (χ1n) is 5.55. The van der Waals surface area contributed by atoms with Gasteiger partial charge in [0.25, 0.3) is 5.69 Å². The number of ether oxygens (including phenoxy) is 1. The summed E-state index contributed by atoms with van der Waals surface area (Å²) in [6.07, 6.45) is 1.56. The zero-order valence-corrected chi connectivity index (χ0v) is 11.3. The van der Waals surface area contributed by atoms with E-state index >= 15 is 0 Å². The Morgan fingerprint density at radius 2 is 2.30 bits per heavy atom. The summed E-state index contributed by atoms with van der Waals surface area (Å²) < 4.78 is 5.01. The molecule has 20 heavy (non-hydrogen) atoms. The third-order valence-electron chi connectivity index (χ3n) is 2.69. The lowest BCUT2D eigenvalue weighted by atomic mass is 9.99. The number of aromatic nitrogens is 1. The van der Waals surface area contributed by atoms with Crippen molar-refractivity contribution in [2.45, 2.75) is 6.61 Å². The van der Waals surface area contributed by atoms with Gasteiger partial charge >= 0.3 is 0 Å². The number of nitrogens with two attached hydrogens (primary N) is 1. The molecule has 0 aliphatic carbocycles. The molecular formula is C12H11N3O4S. The molecule has 2 aromatic rings.